The maximum absolute atomic E-state index is 11.7. The van der Waals surface area contributed by atoms with Gasteiger partial charge in [0.05, 0.1) is 0 Å². The second-order valence-electron chi connectivity index (χ2n) is 4.13. The Morgan fingerprint density at radius 2 is 2.12 bits per heavy atom. The van der Waals surface area contributed by atoms with E-state index in [1.165, 1.54) is 11.3 Å². The van der Waals surface area contributed by atoms with E-state index in [0.29, 0.717) is 13.0 Å². The molecular weight excluding hydrogens is 236 g/mol. The van der Waals surface area contributed by atoms with Gasteiger partial charge in [0.15, 0.2) is 0 Å². The van der Waals surface area contributed by atoms with Gasteiger partial charge in [0.25, 0.3) is 0 Å². The number of carbonyl (C=O) groups excluding carboxylic acids is 1. The van der Waals surface area contributed by atoms with Crippen molar-refractivity contribution in [3.63, 3.8) is 0 Å². The number of thiazole rings is 1. The van der Waals surface area contributed by atoms with E-state index in [1.807, 2.05) is 12.3 Å². The van der Waals surface area contributed by atoms with Crippen LogP contribution < -0.4 is 10.2 Å². The van der Waals surface area contributed by atoms with Gasteiger partial charge < -0.3 is 9.88 Å². The number of carbonyl (C=O) groups is 1. The Morgan fingerprint density at radius 3 is 2.59 bits per heavy atom. The highest BCUT2D eigenvalue weighted by Crippen LogP contribution is 2.02. The number of nitrogens with one attached hydrogen (secondary N) is 1. The van der Waals surface area contributed by atoms with E-state index in [-0.39, 0.29) is 16.8 Å². The van der Waals surface area contributed by atoms with Gasteiger partial charge >= 0.3 is 4.87 Å². The van der Waals surface area contributed by atoms with Gasteiger partial charge in [-0.2, -0.15) is 0 Å². The molecule has 5 heteroatoms. The third-order valence-electron chi connectivity index (χ3n) is 2.89. The van der Waals surface area contributed by atoms with Crippen LogP contribution in [0.3, 0.4) is 0 Å². The quantitative estimate of drug-likeness (QED) is 0.845. The number of amides is 1. The van der Waals surface area contributed by atoms with Crippen LogP contribution >= 0.6 is 11.3 Å². The molecular formula is C12H20N2O2S. The number of hydrogen-bond acceptors (Lipinski definition) is 3. The maximum Gasteiger partial charge on any atom is 0.307 e. The minimum Gasteiger partial charge on any atom is -0.353 e. The van der Waals surface area contributed by atoms with Gasteiger partial charge in [-0.15, -0.1) is 0 Å². The van der Waals surface area contributed by atoms with Gasteiger partial charge in [-0.25, -0.2) is 0 Å². The van der Waals surface area contributed by atoms with Gasteiger partial charge in [-0.05, 0) is 19.8 Å². The molecule has 1 rings (SSSR count). The summed E-state index contributed by atoms with van der Waals surface area (Å²) in [4.78, 5) is 23.1. The average molecular weight is 256 g/mol. The summed E-state index contributed by atoms with van der Waals surface area (Å²) in [5.41, 5.74) is 0.926. The molecule has 4 nitrogen and oxygen atoms in total. The third-order valence-corrected chi connectivity index (χ3v) is 3.77. The highest BCUT2D eigenvalue weighted by Gasteiger charge is 2.09. The minimum absolute atomic E-state index is 0.0119. The highest BCUT2D eigenvalue weighted by molar-refractivity contribution is 7.07. The summed E-state index contributed by atoms with van der Waals surface area (Å²) in [7, 11) is 0. The first-order valence-corrected chi connectivity index (χ1v) is 6.90. The Bertz CT molecular complexity index is 418. The van der Waals surface area contributed by atoms with Crippen LogP contribution in [-0.4, -0.2) is 16.5 Å². The fraction of sp³-hybridized carbons (Fsp3) is 0.667. The minimum atomic E-state index is 0.0119. The first-order chi connectivity index (χ1) is 8.08. The zero-order valence-electron chi connectivity index (χ0n) is 10.7. The first kappa shape index (κ1) is 14.0. The van der Waals surface area contributed by atoms with E-state index in [2.05, 4.69) is 19.2 Å². The van der Waals surface area contributed by atoms with Crippen LogP contribution in [0, 0.1) is 6.92 Å². The molecule has 0 aromatic carbocycles. The summed E-state index contributed by atoms with van der Waals surface area (Å²) < 4.78 is 1.65. The van der Waals surface area contributed by atoms with Crippen molar-refractivity contribution in [1.82, 2.24) is 9.88 Å². The number of nitrogens with zero attached hydrogens (tertiary/aromatic N) is 1. The largest absolute Gasteiger partial charge is 0.353 e. The van der Waals surface area contributed by atoms with Crippen molar-refractivity contribution in [2.24, 2.45) is 0 Å². The van der Waals surface area contributed by atoms with Crippen molar-refractivity contribution in [2.45, 2.75) is 52.6 Å². The second-order valence-corrected chi connectivity index (χ2v) is 4.95. The number of aryl methyl sites for hydroxylation is 1. The molecule has 0 unspecified atom stereocenters. The molecule has 17 heavy (non-hydrogen) atoms. The Balaban J connectivity index is 2.46. The molecule has 0 atom stereocenters. The predicted octanol–water partition coefficient (Wildman–Crippen LogP) is 1.91. The fourth-order valence-corrected chi connectivity index (χ4v) is 2.44. The predicted molar refractivity (Wildman–Crippen MR) is 70.4 cm³/mol. The van der Waals surface area contributed by atoms with Crippen molar-refractivity contribution in [1.29, 1.82) is 0 Å². The highest BCUT2D eigenvalue weighted by atomic mass is 32.1. The SMILES string of the molecule is CCC(CC)NC(=O)CCn1c(C)csc1=O. The Hall–Kier alpha value is -1.10. The van der Waals surface area contributed by atoms with E-state index in [1.54, 1.807) is 4.57 Å². The van der Waals surface area contributed by atoms with Crippen molar-refractivity contribution in [2.75, 3.05) is 0 Å². The van der Waals surface area contributed by atoms with E-state index in [4.69, 9.17) is 0 Å². The molecule has 0 radical (unpaired) electrons. The maximum atomic E-state index is 11.7. The van der Waals surface area contributed by atoms with Crippen LogP contribution in [0.25, 0.3) is 0 Å². The average Bonchev–Trinajstić information content (AvgIpc) is 2.63. The smallest absolute Gasteiger partial charge is 0.307 e. The molecule has 0 bridgehead atoms. The van der Waals surface area contributed by atoms with Crippen LogP contribution in [0.15, 0.2) is 10.2 Å². The van der Waals surface area contributed by atoms with E-state index in [0.717, 1.165) is 18.5 Å². The lowest BCUT2D eigenvalue weighted by molar-refractivity contribution is -0.122. The van der Waals surface area contributed by atoms with Crippen LogP contribution in [0.5, 0.6) is 0 Å². The van der Waals surface area contributed by atoms with Crippen LogP contribution in [0.1, 0.15) is 38.8 Å². The molecule has 0 aliphatic heterocycles. The monoisotopic (exact) mass is 256 g/mol. The van der Waals surface area contributed by atoms with E-state index >= 15 is 0 Å². The van der Waals surface area contributed by atoms with Crippen molar-refractivity contribution >= 4 is 17.2 Å². The Kier molecular flexibility index (Phi) is 5.41. The summed E-state index contributed by atoms with van der Waals surface area (Å²) in [6, 6.07) is 0.253. The van der Waals surface area contributed by atoms with Crippen molar-refractivity contribution < 1.29 is 4.79 Å². The molecule has 96 valence electrons. The van der Waals surface area contributed by atoms with Gasteiger partial charge in [0, 0.05) is 30.1 Å². The first-order valence-electron chi connectivity index (χ1n) is 6.02. The molecule has 0 aliphatic carbocycles. The number of rotatable bonds is 6. The Labute approximate surface area is 106 Å². The van der Waals surface area contributed by atoms with Gasteiger partial charge in [0.1, 0.15) is 0 Å². The molecule has 1 amide bonds. The molecule has 1 heterocycles. The topological polar surface area (TPSA) is 51.1 Å². The fourth-order valence-electron chi connectivity index (χ4n) is 1.68. The number of hydrogen-bond donors (Lipinski definition) is 1. The molecule has 0 fully saturated rings. The summed E-state index contributed by atoms with van der Waals surface area (Å²) in [5, 5.41) is 4.79. The zero-order valence-corrected chi connectivity index (χ0v) is 11.5. The van der Waals surface area contributed by atoms with Crippen LogP contribution in [0.4, 0.5) is 0 Å². The van der Waals surface area contributed by atoms with Gasteiger partial charge in [-0.1, -0.05) is 25.2 Å². The van der Waals surface area contributed by atoms with Crippen molar-refractivity contribution in [3.05, 3.63) is 20.7 Å². The lowest BCUT2D eigenvalue weighted by Gasteiger charge is -2.14. The van der Waals surface area contributed by atoms with E-state index in [9.17, 15) is 9.59 Å². The zero-order chi connectivity index (χ0) is 12.8. The normalized spacial score (nSPS) is 10.8. The third kappa shape index (κ3) is 4.00. The molecule has 1 aromatic heterocycles. The van der Waals surface area contributed by atoms with Crippen LogP contribution in [0.2, 0.25) is 0 Å². The summed E-state index contributed by atoms with van der Waals surface area (Å²) in [6.45, 7) is 6.47. The molecule has 0 saturated carbocycles. The molecule has 0 aliphatic rings. The van der Waals surface area contributed by atoms with Gasteiger partial charge in [0.2, 0.25) is 5.91 Å². The summed E-state index contributed by atoms with van der Waals surface area (Å²) in [5.74, 6) is 0.0243. The summed E-state index contributed by atoms with van der Waals surface area (Å²) in [6.07, 6.45) is 2.26. The molecule has 1 N–H and O–H groups in total. The van der Waals surface area contributed by atoms with Gasteiger partial charge in [-0.3, -0.25) is 9.59 Å². The van der Waals surface area contributed by atoms with Crippen molar-refractivity contribution in [3.8, 4) is 0 Å². The van der Waals surface area contributed by atoms with Crippen LogP contribution in [-0.2, 0) is 11.3 Å². The standard InChI is InChI=1S/C12H20N2O2S/c1-4-10(5-2)13-11(15)6-7-14-9(3)8-17-12(14)16/h8,10H,4-7H2,1-3H3,(H,13,15). The van der Waals surface area contributed by atoms with E-state index < -0.39 is 0 Å². The Morgan fingerprint density at radius 1 is 1.47 bits per heavy atom. The number of aromatic nitrogens is 1. The molecule has 0 saturated heterocycles. The second kappa shape index (κ2) is 6.59. The lowest BCUT2D eigenvalue weighted by Crippen LogP contribution is -2.34. The molecule has 0 spiro atoms. The summed E-state index contributed by atoms with van der Waals surface area (Å²) >= 11 is 1.18. The molecule has 1 aromatic rings. The lowest BCUT2D eigenvalue weighted by atomic mass is 10.1.